The van der Waals surface area contributed by atoms with Gasteiger partial charge in [0.25, 0.3) is 0 Å². The number of hydrogen-bond acceptors (Lipinski definition) is 1. The summed E-state index contributed by atoms with van der Waals surface area (Å²) in [6.45, 7) is 3.73. The maximum absolute atomic E-state index is 11.0. The maximum Gasteiger partial charge on any atom is 0.130 e. The SMILES string of the molecule is CC(=O)CC/C(C)=C/c1cccc2ccccc12. The molecule has 0 heterocycles. The van der Waals surface area contributed by atoms with Crippen molar-refractivity contribution in [1.29, 1.82) is 0 Å². The van der Waals surface area contributed by atoms with Crippen LogP contribution in [0.4, 0.5) is 0 Å². The molecule has 0 bridgehead atoms. The van der Waals surface area contributed by atoms with Crippen molar-refractivity contribution in [1.82, 2.24) is 0 Å². The summed E-state index contributed by atoms with van der Waals surface area (Å²) in [6.07, 6.45) is 3.66. The second-order valence-electron chi connectivity index (χ2n) is 4.76. The van der Waals surface area contributed by atoms with Crippen LogP contribution in [0.3, 0.4) is 0 Å². The molecule has 0 fully saturated rings. The van der Waals surface area contributed by atoms with Crippen LogP contribution in [0.1, 0.15) is 32.3 Å². The second kappa shape index (κ2) is 5.63. The highest BCUT2D eigenvalue weighted by atomic mass is 16.1. The first kappa shape index (κ1) is 12.6. The van der Waals surface area contributed by atoms with E-state index in [1.54, 1.807) is 6.92 Å². The molecule has 1 heteroatoms. The molecule has 0 saturated carbocycles. The third kappa shape index (κ3) is 3.07. The van der Waals surface area contributed by atoms with Crippen molar-refractivity contribution in [2.75, 3.05) is 0 Å². The Labute approximate surface area is 108 Å². The summed E-state index contributed by atoms with van der Waals surface area (Å²) in [4.78, 5) is 11.0. The molecule has 0 saturated heterocycles. The van der Waals surface area contributed by atoms with Crippen LogP contribution in [0.25, 0.3) is 16.8 Å². The molecular weight excluding hydrogens is 220 g/mol. The van der Waals surface area contributed by atoms with Gasteiger partial charge in [0.15, 0.2) is 0 Å². The molecule has 2 aromatic carbocycles. The molecule has 2 aromatic rings. The van der Waals surface area contributed by atoms with Crippen molar-refractivity contribution in [3.8, 4) is 0 Å². The molecule has 0 atom stereocenters. The molecule has 0 aliphatic carbocycles. The Balaban J connectivity index is 2.31. The third-order valence-corrected chi connectivity index (χ3v) is 3.10. The highest BCUT2D eigenvalue weighted by Gasteiger charge is 1.99. The van der Waals surface area contributed by atoms with Gasteiger partial charge in [0.05, 0.1) is 0 Å². The molecule has 0 spiro atoms. The minimum Gasteiger partial charge on any atom is -0.300 e. The summed E-state index contributed by atoms with van der Waals surface area (Å²) >= 11 is 0. The van der Waals surface area contributed by atoms with Crippen LogP contribution in [-0.2, 0) is 4.79 Å². The Bertz CT molecular complexity index is 588. The van der Waals surface area contributed by atoms with Gasteiger partial charge in [-0.25, -0.2) is 0 Å². The van der Waals surface area contributed by atoms with Crippen LogP contribution in [0, 0.1) is 0 Å². The van der Waals surface area contributed by atoms with Crippen molar-refractivity contribution >= 4 is 22.6 Å². The molecule has 0 aromatic heterocycles. The minimum atomic E-state index is 0.251. The number of hydrogen-bond donors (Lipinski definition) is 0. The summed E-state index contributed by atoms with van der Waals surface area (Å²) < 4.78 is 0. The summed E-state index contributed by atoms with van der Waals surface area (Å²) in [6, 6.07) is 14.7. The molecule has 0 amide bonds. The topological polar surface area (TPSA) is 17.1 Å². The van der Waals surface area contributed by atoms with Gasteiger partial charge in [-0.05, 0) is 36.6 Å². The Hall–Kier alpha value is -1.89. The van der Waals surface area contributed by atoms with E-state index in [4.69, 9.17) is 0 Å². The number of rotatable bonds is 4. The molecular formula is C17H18O. The number of allylic oxidation sites excluding steroid dienone is 1. The molecule has 1 nitrogen and oxygen atoms in total. The van der Waals surface area contributed by atoms with E-state index in [0.29, 0.717) is 6.42 Å². The van der Waals surface area contributed by atoms with E-state index in [1.807, 2.05) is 0 Å². The maximum atomic E-state index is 11.0. The predicted octanol–water partition coefficient (Wildman–Crippen LogP) is 4.61. The van der Waals surface area contributed by atoms with Crippen LogP contribution < -0.4 is 0 Å². The van der Waals surface area contributed by atoms with Crippen LogP contribution in [0.15, 0.2) is 48.0 Å². The largest absolute Gasteiger partial charge is 0.300 e. The van der Waals surface area contributed by atoms with Gasteiger partial charge >= 0.3 is 0 Å². The van der Waals surface area contributed by atoms with E-state index in [1.165, 1.54) is 21.9 Å². The molecule has 0 unspecified atom stereocenters. The highest BCUT2D eigenvalue weighted by molar-refractivity contribution is 5.90. The number of carbonyl (C=O) groups is 1. The zero-order valence-electron chi connectivity index (χ0n) is 10.9. The Morgan fingerprint density at radius 1 is 1.00 bits per heavy atom. The lowest BCUT2D eigenvalue weighted by atomic mass is 10.0. The van der Waals surface area contributed by atoms with Gasteiger partial charge in [-0.1, -0.05) is 54.1 Å². The van der Waals surface area contributed by atoms with Crippen molar-refractivity contribution < 1.29 is 4.79 Å². The van der Waals surface area contributed by atoms with Crippen molar-refractivity contribution in [2.45, 2.75) is 26.7 Å². The van der Waals surface area contributed by atoms with Crippen LogP contribution in [0.5, 0.6) is 0 Å². The Morgan fingerprint density at radius 3 is 2.50 bits per heavy atom. The van der Waals surface area contributed by atoms with Gasteiger partial charge in [-0.3, -0.25) is 0 Å². The number of carbonyl (C=O) groups excluding carboxylic acids is 1. The fourth-order valence-corrected chi connectivity index (χ4v) is 2.09. The molecule has 0 aliphatic heterocycles. The van der Waals surface area contributed by atoms with E-state index in [9.17, 15) is 4.79 Å². The van der Waals surface area contributed by atoms with Gasteiger partial charge in [0.1, 0.15) is 5.78 Å². The van der Waals surface area contributed by atoms with Crippen LogP contribution in [-0.4, -0.2) is 5.78 Å². The summed E-state index contributed by atoms with van der Waals surface area (Å²) in [5.74, 6) is 0.251. The average molecular weight is 238 g/mol. The molecule has 0 N–H and O–H groups in total. The minimum absolute atomic E-state index is 0.251. The number of benzene rings is 2. The van der Waals surface area contributed by atoms with E-state index >= 15 is 0 Å². The first-order valence-corrected chi connectivity index (χ1v) is 6.31. The second-order valence-corrected chi connectivity index (χ2v) is 4.76. The van der Waals surface area contributed by atoms with E-state index in [0.717, 1.165) is 6.42 Å². The molecule has 18 heavy (non-hydrogen) atoms. The first-order chi connectivity index (χ1) is 8.66. The quantitative estimate of drug-likeness (QED) is 0.760. The normalized spacial score (nSPS) is 11.8. The summed E-state index contributed by atoms with van der Waals surface area (Å²) in [5, 5.41) is 2.52. The van der Waals surface area contributed by atoms with Crippen molar-refractivity contribution in [3.63, 3.8) is 0 Å². The summed E-state index contributed by atoms with van der Waals surface area (Å²) in [7, 11) is 0. The van der Waals surface area contributed by atoms with Gasteiger partial charge in [-0.15, -0.1) is 0 Å². The number of Topliss-reactive ketones (excluding diaryl/α,β-unsaturated/α-hetero) is 1. The smallest absolute Gasteiger partial charge is 0.130 e. The van der Waals surface area contributed by atoms with Crippen LogP contribution in [0.2, 0.25) is 0 Å². The summed E-state index contributed by atoms with van der Waals surface area (Å²) in [5.41, 5.74) is 2.48. The van der Waals surface area contributed by atoms with E-state index < -0.39 is 0 Å². The van der Waals surface area contributed by atoms with Gasteiger partial charge < -0.3 is 4.79 Å². The first-order valence-electron chi connectivity index (χ1n) is 6.31. The van der Waals surface area contributed by atoms with Gasteiger partial charge in [0, 0.05) is 6.42 Å². The van der Waals surface area contributed by atoms with E-state index in [-0.39, 0.29) is 5.78 Å². The fraction of sp³-hybridized carbons (Fsp3) is 0.235. The fourth-order valence-electron chi connectivity index (χ4n) is 2.09. The molecule has 0 aliphatic rings. The Kier molecular flexibility index (Phi) is 3.93. The standard InChI is InChI=1S/C17H18O/c1-13(10-11-14(2)18)12-16-8-5-7-15-6-3-4-9-17(15)16/h3-9,12H,10-11H2,1-2H3/b13-12+. The van der Waals surface area contributed by atoms with Crippen molar-refractivity contribution in [2.24, 2.45) is 0 Å². The molecule has 92 valence electrons. The van der Waals surface area contributed by atoms with Crippen molar-refractivity contribution in [3.05, 3.63) is 53.6 Å². The highest BCUT2D eigenvalue weighted by Crippen LogP contribution is 2.21. The predicted molar refractivity (Wildman–Crippen MR) is 77.5 cm³/mol. The van der Waals surface area contributed by atoms with Gasteiger partial charge in [-0.2, -0.15) is 0 Å². The monoisotopic (exact) mass is 238 g/mol. The van der Waals surface area contributed by atoms with Gasteiger partial charge in [0.2, 0.25) is 0 Å². The lowest BCUT2D eigenvalue weighted by Gasteiger charge is -2.04. The molecule has 2 rings (SSSR count). The number of fused-ring (bicyclic) bond motifs is 1. The Morgan fingerprint density at radius 2 is 1.72 bits per heavy atom. The zero-order valence-corrected chi connectivity index (χ0v) is 10.9. The number of ketones is 1. The van der Waals surface area contributed by atoms with E-state index in [2.05, 4.69) is 55.5 Å². The third-order valence-electron chi connectivity index (χ3n) is 3.10. The lowest BCUT2D eigenvalue weighted by molar-refractivity contribution is -0.116. The molecule has 0 radical (unpaired) electrons. The lowest BCUT2D eigenvalue weighted by Crippen LogP contribution is -1.90. The van der Waals surface area contributed by atoms with Crippen LogP contribution >= 0.6 is 0 Å². The average Bonchev–Trinajstić information content (AvgIpc) is 2.37. The zero-order chi connectivity index (χ0) is 13.0.